The highest BCUT2D eigenvalue weighted by Crippen LogP contribution is 2.20. The van der Waals surface area contributed by atoms with Gasteiger partial charge in [-0.15, -0.1) is 0 Å². The summed E-state index contributed by atoms with van der Waals surface area (Å²) < 4.78 is 5.60. The van der Waals surface area contributed by atoms with E-state index in [9.17, 15) is 9.59 Å². The van der Waals surface area contributed by atoms with Gasteiger partial charge in [0.1, 0.15) is 5.75 Å². The summed E-state index contributed by atoms with van der Waals surface area (Å²) in [5.41, 5.74) is 0.947. The SMILES string of the molecule is CC(C)Oc1ccc2[nH]c(=O)c(CCC(=O)O)cc2c1. The number of benzene rings is 1. The molecule has 1 aromatic carbocycles. The van der Waals surface area contributed by atoms with Crippen LogP contribution in [0.15, 0.2) is 29.1 Å². The molecule has 0 aliphatic rings. The number of hydrogen-bond donors (Lipinski definition) is 2. The molecule has 0 aliphatic carbocycles. The average molecular weight is 275 g/mol. The van der Waals surface area contributed by atoms with E-state index in [0.717, 1.165) is 11.1 Å². The zero-order valence-corrected chi connectivity index (χ0v) is 11.5. The van der Waals surface area contributed by atoms with Crippen LogP contribution in [0.3, 0.4) is 0 Å². The van der Waals surface area contributed by atoms with Crippen LogP contribution in [0.4, 0.5) is 0 Å². The number of aromatic nitrogens is 1. The molecular weight excluding hydrogens is 258 g/mol. The van der Waals surface area contributed by atoms with E-state index in [0.29, 0.717) is 11.1 Å². The van der Waals surface area contributed by atoms with E-state index < -0.39 is 5.97 Å². The molecule has 2 rings (SSSR count). The lowest BCUT2D eigenvalue weighted by Crippen LogP contribution is -2.14. The number of pyridine rings is 1. The predicted octanol–water partition coefficient (Wildman–Crippen LogP) is 2.33. The standard InChI is InChI=1S/C15H17NO4/c1-9(2)20-12-4-5-13-11(8-12)7-10(15(19)16-13)3-6-14(17)18/h4-5,7-9H,3,6H2,1-2H3,(H,16,19)(H,17,18). The van der Waals surface area contributed by atoms with Crippen LogP contribution in [-0.4, -0.2) is 22.2 Å². The first-order chi connectivity index (χ1) is 9.45. The molecule has 0 saturated carbocycles. The van der Waals surface area contributed by atoms with E-state index in [1.807, 2.05) is 19.9 Å². The van der Waals surface area contributed by atoms with Crippen molar-refractivity contribution in [2.45, 2.75) is 32.8 Å². The van der Waals surface area contributed by atoms with Crippen molar-refractivity contribution in [2.75, 3.05) is 0 Å². The molecule has 0 amide bonds. The third-order valence-corrected chi connectivity index (χ3v) is 2.87. The van der Waals surface area contributed by atoms with Gasteiger partial charge in [0, 0.05) is 22.9 Å². The van der Waals surface area contributed by atoms with Crippen molar-refractivity contribution in [3.05, 3.63) is 40.2 Å². The molecule has 5 nitrogen and oxygen atoms in total. The second-order valence-corrected chi connectivity index (χ2v) is 4.93. The van der Waals surface area contributed by atoms with Crippen molar-refractivity contribution in [1.82, 2.24) is 4.98 Å². The number of H-pyrrole nitrogens is 1. The Kier molecular flexibility index (Phi) is 4.08. The van der Waals surface area contributed by atoms with Crippen LogP contribution in [0, 0.1) is 0 Å². The second-order valence-electron chi connectivity index (χ2n) is 4.93. The van der Waals surface area contributed by atoms with Gasteiger partial charge >= 0.3 is 5.97 Å². The topological polar surface area (TPSA) is 79.4 Å². The summed E-state index contributed by atoms with van der Waals surface area (Å²) in [6.45, 7) is 3.88. The molecule has 2 N–H and O–H groups in total. The summed E-state index contributed by atoms with van der Waals surface area (Å²) in [6, 6.07) is 7.16. The van der Waals surface area contributed by atoms with E-state index in [4.69, 9.17) is 9.84 Å². The number of ether oxygens (including phenoxy) is 1. The summed E-state index contributed by atoms with van der Waals surface area (Å²) in [4.78, 5) is 25.2. The minimum absolute atomic E-state index is 0.0588. The number of aryl methyl sites for hydroxylation is 1. The molecule has 0 unspecified atom stereocenters. The van der Waals surface area contributed by atoms with E-state index in [-0.39, 0.29) is 24.5 Å². The van der Waals surface area contributed by atoms with Crippen LogP contribution >= 0.6 is 0 Å². The molecule has 106 valence electrons. The highest BCUT2D eigenvalue weighted by Gasteiger charge is 2.07. The molecule has 20 heavy (non-hydrogen) atoms. The van der Waals surface area contributed by atoms with Gasteiger partial charge in [0.15, 0.2) is 0 Å². The molecule has 0 aliphatic heterocycles. The van der Waals surface area contributed by atoms with Crippen molar-refractivity contribution in [2.24, 2.45) is 0 Å². The number of carboxylic acid groups (broad SMARTS) is 1. The van der Waals surface area contributed by atoms with Gasteiger partial charge in [0.05, 0.1) is 6.10 Å². The Labute approximate surface area is 116 Å². The van der Waals surface area contributed by atoms with Gasteiger partial charge in [0.2, 0.25) is 0 Å². The smallest absolute Gasteiger partial charge is 0.303 e. The summed E-state index contributed by atoms with van der Waals surface area (Å²) in [5.74, 6) is -0.190. The van der Waals surface area contributed by atoms with Gasteiger partial charge < -0.3 is 14.8 Å². The highest BCUT2D eigenvalue weighted by molar-refractivity contribution is 5.80. The molecular formula is C15H17NO4. The predicted molar refractivity (Wildman–Crippen MR) is 76.3 cm³/mol. The fourth-order valence-corrected chi connectivity index (χ4v) is 2.00. The van der Waals surface area contributed by atoms with Crippen LogP contribution < -0.4 is 10.3 Å². The summed E-state index contributed by atoms with van der Waals surface area (Å²) >= 11 is 0. The van der Waals surface area contributed by atoms with Crippen LogP contribution in [0.1, 0.15) is 25.8 Å². The lowest BCUT2D eigenvalue weighted by molar-refractivity contribution is -0.136. The Morgan fingerprint density at radius 1 is 1.35 bits per heavy atom. The first-order valence-electron chi connectivity index (χ1n) is 6.50. The van der Waals surface area contributed by atoms with Crippen LogP contribution in [-0.2, 0) is 11.2 Å². The Morgan fingerprint density at radius 3 is 2.75 bits per heavy atom. The molecule has 0 atom stereocenters. The third kappa shape index (κ3) is 3.38. The van der Waals surface area contributed by atoms with Gasteiger partial charge in [-0.1, -0.05) is 0 Å². The Hall–Kier alpha value is -2.30. The van der Waals surface area contributed by atoms with Crippen LogP contribution in [0.25, 0.3) is 10.9 Å². The zero-order chi connectivity index (χ0) is 14.7. The lowest BCUT2D eigenvalue weighted by atomic mass is 10.1. The van der Waals surface area contributed by atoms with Crippen molar-refractivity contribution >= 4 is 16.9 Å². The van der Waals surface area contributed by atoms with Gasteiger partial charge in [-0.2, -0.15) is 0 Å². The minimum Gasteiger partial charge on any atom is -0.491 e. The molecule has 0 bridgehead atoms. The molecule has 2 aromatic rings. The molecule has 5 heteroatoms. The first-order valence-corrected chi connectivity index (χ1v) is 6.50. The minimum atomic E-state index is -0.915. The fourth-order valence-electron chi connectivity index (χ4n) is 2.00. The first kappa shape index (κ1) is 14.1. The van der Waals surface area contributed by atoms with E-state index >= 15 is 0 Å². The number of rotatable bonds is 5. The van der Waals surface area contributed by atoms with Crippen molar-refractivity contribution in [3.63, 3.8) is 0 Å². The normalized spacial score (nSPS) is 10.9. The van der Waals surface area contributed by atoms with Gasteiger partial charge in [0.25, 0.3) is 5.56 Å². The van der Waals surface area contributed by atoms with E-state index in [2.05, 4.69) is 4.98 Å². The van der Waals surface area contributed by atoms with Crippen LogP contribution in [0.5, 0.6) is 5.75 Å². The number of hydrogen-bond acceptors (Lipinski definition) is 3. The largest absolute Gasteiger partial charge is 0.491 e. The van der Waals surface area contributed by atoms with Gasteiger partial charge in [-0.3, -0.25) is 9.59 Å². The molecule has 0 spiro atoms. The second kappa shape index (κ2) is 5.77. The Morgan fingerprint density at radius 2 is 2.10 bits per heavy atom. The number of fused-ring (bicyclic) bond motifs is 1. The maximum absolute atomic E-state index is 11.8. The zero-order valence-electron chi connectivity index (χ0n) is 11.5. The number of carboxylic acids is 1. The summed E-state index contributed by atoms with van der Waals surface area (Å²) in [7, 11) is 0. The Balaban J connectivity index is 2.38. The summed E-state index contributed by atoms with van der Waals surface area (Å²) in [5, 5.41) is 9.53. The molecule has 0 saturated heterocycles. The van der Waals surface area contributed by atoms with Gasteiger partial charge in [-0.25, -0.2) is 0 Å². The maximum Gasteiger partial charge on any atom is 0.303 e. The number of aliphatic carboxylic acids is 1. The lowest BCUT2D eigenvalue weighted by Gasteiger charge is -2.10. The van der Waals surface area contributed by atoms with Crippen molar-refractivity contribution < 1.29 is 14.6 Å². The van der Waals surface area contributed by atoms with Crippen LogP contribution in [0.2, 0.25) is 0 Å². The maximum atomic E-state index is 11.8. The fraction of sp³-hybridized carbons (Fsp3) is 0.333. The van der Waals surface area contributed by atoms with E-state index in [1.54, 1.807) is 18.2 Å². The molecule has 1 heterocycles. The summed E-state index contributed by atoms with van der Waals surface area (Å²) in [6.07, 6.45) is 0.230. The quantitative estimate of drug-likeness (QED) is 0.877. The van der Waals surface area contributed by atoms with E-state index in [1.165, 1.54) is 0 Å². The Bertz CT molecular complexity index is 688. The number of aromatic amines is 1. The average Bonchev–Trinajstić information content (AvgIpc) is 2.36. The van der Waals surface area contributed by atoms with Gasteiger partial charge in [-0.05, 0) is 44.5 Å². The van der Waals surface area contributed by atoms with Crippen molar-refractivity contribution in [3.8, 4) is 5.75 Å². The molecule has 0 fully saturated rings. The third-order valence-electron chi connectivity index (χ3n) is 2.87. The number of carbonyl (C=O) groups is 1. The molecule has 1 aromatic heterocycles. The van der Waals surface area contributed by atoms with Crippen molar-refractivity contribution in [1.29, 1.82) is 0 Å². The highest BCUT2D eigenvalue weighted by atomic mass is 16.5. The monoisotopic (exact) mass is 275 g/mol. The molecule has 0 radical (unpaired) electrons. The number of nitrogens with one attached hydrogen (secondary N) is 1.